The first kappa shape index (κ1) is 10.9. The van der Waals surface area contributed by atoms with Crippen LogP contribution >= 0.6 is 0 Å². The van der Waals surface area contributed by atoms with Crippen molar-refractivity contribution in [2.45, 2.75) is 26.3 Å². The van der Waals surface area contributed by atoms with Gasteiger partial charge in [-0.2, -0.15) is 0 Å². The Morgan fingerprint density at radius 3 is 2.79 bits per heavy atom. The number of aliphatic imine (C=N–C) groups is 2. The van der Waals surface area contributed by atoms with Gasteiger partial charge in [0.1, 0.15) is 0 Å². The molecule has 1 aliphatic rings. The number of methoxy groups -OCH3 is 1. The molecule has 0 aromatic heterocycles. The standard InChI is InChI=1S/C10H16N2O2/c1-10(2,9(13)14-3)6-8-7-11-4-5-12-8/h4-5,8H,6-7H2,1-3H3. The number of hydrogen-bond donors (Lipinski definition) is 0. The van der Waals surface area contributed by atoms with Crippen LogP contribution in [-0.4, -0.2) is 38.1 Å². The van der Waals surface area contributed by atoms with E-state index in [-0.39, 0.29) is 12.0 Å². The Kier molecular flexibility index (Phi) is 3.38. The first-order valence-corrected chi connectivity index (χ1v) is 4.66. The fourth-order valence-electron chi connectivity index (χ4n) is 1.50. The van der Waals surface area contributed by atoms with Crippen molar-refractivity contribution >= 4 is 18.4 Å². The van der Waals surface area contributed by atoms with Gasteiger partial charge in [-0.25, -0.2) is 0 Å². The summed E-state index contributed by atoms with van der Waals surface area (Å²) in [6.07, 6.45) is 4.04. The monoisotopic (exact) mass is 196 g/mol. The molecule has 0 aromatic carbocycles. The summed E-state index contributed by atoms with van der Waals surface area (Å²) in [4.78, 5) is 19.7. The van der Waals surface area contributed by atoms with Gasteiger partial charge < -0.3 is 4.74 Å². The minimum atomic E-state index is -0.483. The van der Waals surface area contributed by atoms with E-state index < -0.39 is 5.41 Å². The molecular formula is C10H16N2O2. The molecule has 78 valence electrons. The van der Waals surface area contributed by atoms with Crippen molar-refractivity contribution in [1.29, 1.82) is 0 Å². The number of carbonyl (C=O) groups excluding carboxylic acids is 1. The van der Waals surface area contributed by atoms with Gasteiger partial charge in [-0.05, 0) is 20.3 Å². The summed E-state index contributed by atoms with van der Waals surface area (Å²) in [7, 11) is 1.41. The van der Waals surface area contributed by atoms with Crippen molar-refractivity contribution in [2.24, 2.45) is 15.4 Å². The van der Waals surface area contributed by atoms with Gasteiger partial charge in [0.05, 0.1) is 25.1 Å². The fourth-order valence-corrected chi connectivity index (χ4v) is 1.50. The molecule has 1 heterocycles. The first-order valence-electron chi connectivity index (χ1n) is 4.66. The summed E-state index contributed by atoms with van der Waals surface area (Å²) in [6, 6.07) is 0.106. The third-order valence-electron chi connectivity index (χ3n) is 2.27. The molecule has 0 saturated carbocycles. The highest BCUT2D eigenvalue weighted by atomic mass is 16.5. The molecular weight excluding hydrogens is 180 g/mol. The lowest BCUT2D eigenvalue weighted by Crippen LogP contribution is -2.31. The Balaban J connectivity index is 2.54. The van der Waals surface area contributed by atoms with Gasteiger partial charge in [-0.3, -0.25) is 14.8 Å². The third kappa shape index (κ3) is 2.65. The van der Waals surface area contributed by atoms with Gasteiger partial charge in [0, 0.05) is 12.4 Å². The summed E-state index contributed by atoms with van der Waals surface area (Å²) >= 11 is 0. The van der Waals surface area contributed by atoms with Crippen molar-refractivity contribution in [2.75, 3.05) is 13.7 Å². The maximum absolute atomic E-state index is 11.4. The van der Waals surface area contributed by atoms with Crippen LogP contribution in [-0.2, 0) is 9.53 Å². The Morgan fingerprint density at radius 2 is 2.29 bits per heavy atom. The smallest absolute Gasteiger partial charge is 0.311 e. The number of nitrogens with zero attached hydrogens (tertiary/aromatic N) is 2. The fraction of sp³-hybridized carbons (Fsp3) is 0.700. The summed E-state index contributed by atoms with van der Waals surface area (Å²) in [5.74, 6) is -0.192. The van der Waals surface area contributed by atoms with Gasteiger partial charge in [0.2, 0.25) is 0 Å². The van der Waals surface area contributed by atoms with Gasteiger partial charge >= 0.3 is 5.97 Å². The molecule has 1 unspecified atom stereocenters. The van der Waals surface area contributed by atoms with E-state index in [0.29, 0.717) is 13.0 Å². The van der Waals surface area contributed by atoms with Gasteiger partial charge in [-0.15, -0.1) is 0 Å². The topological polar surface area (TPSA) is 51.0 Å². The largest absolute Gasteiger partial charge is 0.469 e. The summed E-state index contributed by atoms with van der Waals surface area (Å²) < 4.78 is 4.73. The van der Waals surface area contributed by atoms with Crippen molar-refractivity contribution in [1.82, 2.24) is 0 Å². The van der Waals surface area contributed by atoms with Crippen LogP contribution in [0.1, 0.15) is 20.3 Å². The van der Waals surface area contributed by atoms with Gasteiger partial charge in [-0.1, -0.05) is 0 Å². The quantitative estimate of drug-likeness (QED) is 0.635. The normalized spacial score (nSPS) is 20.9. The number of carbonyl (C=O) groups is 1. The van der Waals surface area contributed by atoms with Crippen LogP contribution in [0.3, 0.4) is 0 Å². The zero-order valence-corrected chi connectivity index (χ0v) is 8.86. The van der Waals surface area contributed by atoms with Crippen LogP contribution in [0.4, 0.5) is 0 Å². The molecule has 1 aliphatic heterocycles. The number of rotatable bonds is 3. The number of hydrogen-bond acceptors (Lipinski definition) is 4. The highest BCUT2D eigenvalue weighted by molar-refractivity contribution is 6.16. The molecule has 0 N–H and O–H groups in total. The number of ether oxygens (including phenoxy) is 1. The lowest BCUT2D eigenvalue weighted by molar-refractivity contribution is -0.151. The first-order chi connectivity index (χ1) is 6.56. The second-order valence-electron chi connectivity index (χ2n) is 4.05. The highest BCUT2D eigenvalue weighted by Gasteiger charge is 2.31. The molecule has 0 radical (unpaired) electrons. The third-order valence-corrected chi connectivity index (χ3v) is 2.27. The molecule has 1 atom stereocenters. The maximum atomic E-state index is 11.4. The Morgan fingerprint density at radius 1 is 1.57 bits per heavy atom. The molecule has 0 aliphatic carbocycles. The van der Waals surface area contributed by atoms with Crippen LogP contribution in [0.25, 0.3) is 0 Å². The molecule has 1 rings (SSSR count). The minimum Gasteiger partial charge on any atom is -0.469 e. The Bertz CT molecular complexity index is 269. The zero-order chi connectivity index (χ0) is 10.6. The minimum absolute atomic E-state index is 0.106. The van der Waals surface area contributed by atoms with E-state index in [1.807, 2.05) is 13.8 Å². The molecule has 0 saturated heterocycles. The lowest BCUT2D eigenvalue weighted by Gasteiger charge is -2.24. The van der Waals surface area contributed by atoms with Crippen LogP contribution < -0.4 is 0 Å². The summed E-state index contributed by atoms with van der Waals surface area (Å²) in [5.41, 5.74) is -0.483. The molecule has 0 fully saturated rings. The maximum Gasteiger partial charge on any atom is 0.311 e. The summed E-state index contributed by atoms with van der Waals surface area (Å²) in [6.45, 7) is 4.40. The van der Waals surface area contributed by atoms with Crippen molar-refractivity contribution in [3.8, 4) is 0 Å². The van der Waals surface area contributed by atoms with E-state index >= 15 is 0 Å². The number of esters is 1. The molecule has 0 amide bonds. The SMILES string of the molecule is COC(=O)C(C)(C)CC1CN=CC=N1. The van der Waals surface area contributed by atoms with E-state index in [0.717, 1.165) is 0 Å². The van der Waals surface area contributed by atoms with Gasteiger partial charge in [0.25, 0.3) is 0 Å². The lowest BCUT2D eigenvalue weighted by atomic mass is 9.86. The molecule has 0 bridgehead atoms. The van der Waals surface area contributed by atoms with E-state index in [2.05, 4.69) is 9.98 Å². The predicted octanol–water partition coefficient (Wildman–Crippen LogP) is 1.10. The second kappa shape index (κ2) is 4.35. The van der Waals surface area contributed by atoms with Crippen molar-refractivity contribution < 1.29 is 9.53 Å². The average molecular weight is 196 g/mol. The molecule has 0 aromatic rings. The van der Waals surface area contributed by atoms with Crippen LogP contribution in [0.2, 0.25) is 0 Å². The molecule has 4 heteroatoms. The van der Waals surface area contributed by atoms with Crippen molar-refractivity contribution in [3.63, 3.8) is 0 Å². The zero-order valence-electron chi connectivity index (χ0n) is 8.86. The predicted molar refractivity (Wildman–Crippen MR) is 56.1 cm³/mol. The highest BCUT2D eigenvalue weighted by Crippen LogP contribution is 2.25. The molecule has 4 nitrogen and oxygen atoms in total. The van der Waals surface area contributed by atoms with E-state index in [9.17, 15) is 4.79 Å². The van der Waals surface area contributed by atoms with Crippen molar-refractivity contribution in [3.05, 3.63) is 0 Å². The van der Waals surface area contributed by atoms with Crippen LogP contribution in [0.15, 0.2) is 9.98 Å². The molecule has 0 spiro atoms. The average Bonchev–Trinajstić information content (AvgIpc) is 2.17. The van der Waals surface area contributed by atoms with Gasteiger partial charge in [0.15, 0.2) is 0 Å². The Hall–Kier alpha value is -1.19. The van der Waals surface area contributed by atoms with Crippen LogP contribution in [0.5, 0.6) is 0 Å². The second-order valence-corrected chi connectivity index (χ2v) is 4.05. The van der Waals surface area contributed by atoms with E-state index in [1.165, 1.54) is 7.11 Å². The summed E-state index contributed by atoms with van der Waals surface area (Å²) in [5, 5.41) is 0. The van der Waals surface area contributed by atoms with E-state index in [1.54, 1.807) is 12.4 Å². The molecule has 14 heavy (non-hydrogen) atoms. The van der Waals surface area contributed by atoms with E-state index in [4.69, 9.17) is 4.74 Å². The van der Waals surface area contributed by atoms with Crippen LogP contribution in [0, 0.1) is 5.41 Å². The Labute approximate surface area is 84.1 Å².